The van der Waals surface area contributed by atoms with Crippen molar-refractivity contribution in [2.24, 2.45) is 0 Å². The lowest BCUT2D eigenvalue weighted by molar-refractivity contribution is 0.621. The monoisotopic (exact) mass is 385 g/mol. The van der Waals surface area contributed by atoms with Crippen LogP contribution in [0.1, 0.15) is 24.9 Å². The molecule has 0 radical (unpaired) electrons. The highest BCUT2D eigenvalue weighted by Gasteiger charge is 2.11. The summed E-state index contributed by atoms with van der Waals surface area (Å²) in [6.07, 6.45) is 0.881. The molecule has 0 saturated heterocycles. The van der Waals surface area contributed by atoms with Gasteiger partial charge in [-0.1, -0.05) is 35.0 Å². The third-order valence-corrected chi connectivity index (χ3v) is 4.07. The highest BCUT2D eigenvalue weighted by molar-refractivity contribution is 9.11. The lowest BCUT2D eigenvalue weighted by Crippen LogP contribution is -2.10. The van der Waals surface area contributed by atoms with Gasteiger partial charge in [-0.25, -0.2) is 4.39 Å². The summed E-state index contributed by atoms with van der Waals surface area (Å²) in [4.78, 5) is 0. The lowest BCUT2D eigenvalue weighted by Gasteiger charge is -2.20. The Morgan fingerprint density at radius 2 is 1.95 bits per heavy atom. The Bertz CT molecular complexity index is 572. The number of hydrogen-bond donors (Lipinski definition) is 1. The predicted molar refractivity (Wildman–Crippen MR) is 84.9 cm³/mol. The first-order valence-corrected chi connectivity index (χ1v) is 7.66. The minimum absolute atomic E-state index is 0.0909. The molecule has 0 amide bonds. The van der Waals surface area contributed by atoms with E-state index in [4.69, 9.17) is 0 Å². The molecule has 1 N–H and O–H groups in total. The van der Waals surface area contributed by atoms with Crippen LogP contribution in [0.4, 0.5) is 10.1 Å². The van der Waals surface area contributed by atoms with Crippen molar-refractivity contribution in [3.63, 3.8) is 0 Å². The Morgan fingerprint density at radius 3 is 2.58 bits per heavy atom. The van der Waals surface area contributed by atoms with Crippen LogP contribution in [0.3, 0.4) is 0 Å². The van der Waals surface area contributed by atoms with Crippen LogP contribution < -0.4 is 5.32 Å². The van der Waals surface area contributed by atoms with E-state index in [-0.39, 0.29) is 11.9 Å². The minimum atomic E-state index is -0.201. The van der Waals surface area contributed by atoms with Crippen molar-refractivity contribution in [2.75, 3.05) is 5.32 Å². The second-order valence-corrected chi connectivity index (χ2v) is 6.05. The summed E-state index contributed by atoms with van der Waals surface area (Å²) >= 11 is 6.95. The Hall–Kier alpha value is -0.870. The van der Waals surface area contributed by atoms with Crippen LogP contribution in [0.2, 0.25) is 0 Å². The number of rotatable bonds is 4. The van der Waals surface area contributed by atoms with Crippen LogP contribution in [-0.2, 0) is 0 Å². The van der Waals surface area contributed by atoms with Gasteiger partial charge in [0, 0.05) is 14.6 Å². The maximum atomic E-state index is 13.3. The average molecular weight is 387 g/mol. The molecule has 2 rings (SSSR count). The van der Waals surface area contributed by atoms with Crippen molar-refractivity contribution in [1.29, 1.82) is 0 Å². The molecule has 0 heterocycles. The van der Waals surface area contributed by atoms with Gasteiger partial charge in [0.1, 0.15) is 5.82 Å². The van der Waals surface area contributed by atoms with E-state index in [2.05, 4.69) is 44.1 Å². The lowest BCUT2D eigenvalue weighted by atomic mass is 10.0. The largest absolute Gasteiger partial charge is 0.377 e. The summed E-state index contributed by atoms with van der Waals surface area (Å²) in [6.45, 7) is 2.08. The minimum Gasteiger partial charge on any atom is -0.377 e. The van der Waals surface area contributed by atoms with Crippen LogP contribution >= 0.6 is 31.9 Å². The van der Waals surface area contributed by atoms with Gasteiger partial charge in [0.05, 0.1) is 6.04 Å². The van der Waals surface area contributed by atoms with Crippen molar-refractivity contribution < 1.29 is 4.39 Å². The maximum Gasteiger partial charge on any atom is 0.123 e. The molecular formula is C15H14Br2FN. The van der Waals surface area contributed by atoms with E-state index in [0.717, 1.165) is 26.6 Å². The second kappa shape index (κ2) is 6.53. The van der Waals surface area contributed by atoms with Crippen molar-refractivity contribution in [2.45, 2.75) is 19.4 Å². The van der Waals surface area contributed by atoms with Gasteiger partial charge in [-0.05, 0) is 58.2 Å². The summed E-state index contributed by atoms with van der Waals surface area (Å²) in [5.74, 6) is -0.201. The SMILES string of the molecule is CCC(Nc1ccc(Br)cc1Br)c1cccc(F)c1. The van der Waals surface area contributed by atoms with E-state index in [1.54, 1.807) is 12.1 Å². The average Bonchev–Trinajstić information content (AvgIpc) is 2.38. The molecule has 100 valence electrons. The Labute approximate surface area is 129 Å². The fourth-order valence-electron chi connectivity index (χ4n) is 1.94. The van der Waals surface area contributed by atoms with Gasteiger partial charge in [0.25, 0.3) is 0 Å². The van der Waals surface area contributed by atoms with Gasteiger partial charge >= 0.3 is 0 Å². The Balaban J connectivity index is 2.24. The van der Waals surface area contributed by atoms with Crippen LogP contribution in [0.5, 0.6) is 0 Å². The Kier molecular flexibility index (Phi) is 4.99. The molecule has 0 aliphatic heterocycles. The van der Waals surface area contributed by atoms with Gasteiger partial charge in [0.15, 0.2) is 0 Å². The van der Waals surface area contributed by atoms with E-state index in [0.29, 0.717) is 0 Å². The third kappa shape index (κ3) is 3.80. The first-order chi connectivity index (χ1) is 9.10. The molecule has 0 fully saturated rings. The molecule has 0 aliphatic carbocycles. The van der Waals surface area contributed by atoms with E-state index in [1.807, 2.05) is 24.3 Å². The molecule has 4 heteroatoms. The summed E-state index contributed by atoms with van der Waals surface area (Å²) in [6, 6.07) is 12.8. The zero-order chi connectivity index (χ0) is 13.8. The summed E-state index contributed by atoms with van der Waals surface area (Å²) in [7, 11) is 0. The molecule has 0 aliphatic rings. The molecule has 0 aromatic heterocycles. The molecule has 0 saturated carbocycles. The van der Waals surface area contributed by atoms with Crippen molar-refractivity contribution in [1.82, 2.24) is 0 Å². The smallest absolute Gasteiger partial charge is 0.123 e. The molecule has 1 unspecified atom stereocenters. The number of anilines is 1. The van der Waals surface area contributed by atoms with E-state index < -0.39 is 0 Å². The fraction of sp³-hybridized carbons (Fsp3) is 0.200. The zero-order valence-corrected chi connectivity index (χ0v) is 13.6. The normalized spacial score (nSPS) is 12.2. The fourth-order valence-corrected chi connectivity index (χ4v) is 3.10. The standard InChI is InChI=1S/C15H14Br2FN/c1-2-14(10-4-3-5-12(18)8-10)19-15-7-6-11(16)9-13(15)17/h3-9,14,19H,2H2,1H3. The Morgan fingerprint density at radius 1 is 1.16 bits per heavy atom. The van der Waals surface area contributed by atoms with Crippen molar-refractivity contribution in [3.8, 4) is 0 Å². The van der Waals surface area contributed by atoms with Crippen molar-refractivity contribution >= 4 is 37.5 Å². The van der Waals surface area contributed by atoms with Gasteiger partial charge in [-0.15, -0.1) is 0 Å². The zero-order valence-electron chi connectivity index (χ0n) is 10.5. The summed E-state index contributed by atoms with van der Waals surface area (Å²) < 4.78 is 15.3. The van der Waals surface area contributed by atoms with Crippen molar-refractivity contribution in [3.05, 3.63) is 62.8 Å². The third-order valence-electron chi connectivity index (χ3n) is 2.92. The molecule has 0 spiro atoms. The van der Waals surface area contributed by atoms with E-state index in [1.165, 1.54) is 6.07 Å². The van der Waals surface area contributed by atoms with Gasteiger partial charge in [-0.3, -0.25) is 0 Å². The molecule has 2 aromatic carbocycles. The van der Waals surface area contributed by atoms with Gasteiger partial charge in [-0.2, -0.15) is 0 Å². The highest BCUT2D eigenvalue weighted by atomic mass is 79.9. The predicted octanol–water partition coefficient (Wildman–Crippen LogP) is 5.91. The molecular weight excluding hydrogens is 373 g/mol. The highest BCUT2D eigenvalue weighted by Crippen LogP contribution is 2.30. The summed E-state index contributed by atoms with van der Waals surface area (Å²) in [5.41, 5.74) is 1.96. The quantitative estimate of drug-likeness (QED) is 0.688. The molecule has 2 aromatic rings. The maximum absolute atomic E-state index is 13.3. The first-order valence-electron chi connectivity index (χ1n) is 6.07. The van der Waals surface area contributed by atoms with Gasteiger partial charge in [0.2, 0.25) is 0 Å². The second-order valence-electron chi connectivity index (χ2n) is 4.28. The molecule has 1 atom stereocenters. The van der Waals surface area contributed by atoms with Gasteiger partial charge < -0.3 is 5.32 Å². The molecule has 19 heavy (non-hydrogen) atoms. The van der Waals surface area contributed by atoms with E-state index >= 15 is 0 Å². The number of benzene rings is 2. The number of halogens is 3. The number of hydrogen-bond acceptors (Lipinski definition) is 1. The van der Waals surface area contributed by atoms with Crippen LogP contribution in [-0.4, -0.2) is 0 Å². The topological polar surface area (TPSA) is 12.0 Å². The van der Waals surface area contributed by atoms with Crippen LogP contribution in [0.15, 0.2) is 51.4 Å². The number of nitrogens with one attached hydrogen (secondary N) is 1. The van der Waals surface area contributed by atoms with Crippen LogP contribution in [0, 0.1) is 5.82 Å². The molecule has 0 bridgehead atoms. The first kappa shape index (κ1) is 14.5. The van der Waals surface area contributed by atoms with Crippen LogP contribution in [0.25, 0.3) is 0 Å². The van der Waals surface area contributed by atoms with E-state index in [9.17, 15) is 4.39 Å². The summed E-state index contributed by atoms with van der Waals surface area (Å²) in [5, 5.41) is 3.43. The molecule has 1 nitrogen and oxygen atoms in total.